The highest BCUT2D eigenvalue weighted by Crippen LogP contribution is 2.10. The number of hydrogen-bond acceptors (Lipinski definition) is 2. The predicted octanol–water partition coefficient (Wildman–Crippen LogP) is 1.07. The van der Waals surface area contributed by atoms with Gasteiger partial charge in [-0.2, -0.15) is 0 Å². The molecule has 15 heavy (non-hydrogen) atoms. The van der Waals surface area contributed by atoms with Crippen LogP contribution in [0, 0.1) is 11.6 Å². The summed E-state index contributed by atoms with van der Waals surface area (Å²) in [7, 11) is 0. The lowest BCUT2D eigenvalue weighted by Gasteiger charge is -2.24. The van der Waals surface area contributed by atoms with Crippen LogP contribution in [0.1, 0.15) is 5.56 Å². The van der Waals surface area contributed by atoms with Crippen molar-refractivity contribution < 1.29 is 8.78 Å². The Hall–Kier alpha value is -1.00. The molecule has 1 atom stereocenters. The van der Waals surface area contributed by atoms with Crippen molar-refractivity contribution in [3.05, 3.63) is 35.4 Å². The van der Waals surface area contributed by atoms with Crippen molar-refractivity contribution in [3.63, 3.8) is 0 Å². The molecule has 4 heteroatoms. The van der Waals surface area contributed by atoms with Crippen LogP contribution >= 0.6 is 0 Å². The molecule has 0 radical (unpaired) electrons. The zero-order valence-electron chi connectivity index (χ0n) is 8.39. The van der Waals surface area contributed by atoms with Crippen molar-refractivity contribution in [3.8, 4) is 0 Å². The zero-order valence-corrected chi connectivity index (χ0v) is 8.39. The molecule has 1 fully saturated rings. The topological polar surface area (TPSA) is 24.1 Å². The number of benzene rings is 1. The fourth-order valence-corrected chi connectivity index (χ4v) is 1.81. The normalized spacial score (nSPS) is 21.6. The molecule has 1 aliphatic rings. The van der Waals surface area contributed by atoms with Crippen LogP contribution in [0.3, 0.4) is 0 Å². The summed E-state index contributed by atoms with van der Waals surface area (Å²) in [4.78, 5) is 0. The maximum absolute atomic E-state index is 12.9. The molecule has 1 heterocycles. The van der Waals surface area contributed by atoms with Gasteiger partial charge >= 0.3 is 0 Å². The van der Waals surface area contributed by atoms with Gasteiger partial charge < -0.3 is 10.6 Å². The van der Waals surface area contributed by atoms with Gasteiger partial charge in [-0.3, -0.25) is 0 Å². The summed E-state index contributed by atoms with van der Waals surface area (Å²) in [6, 6.07) is 4.39. The van der Waals surface area contributed by atoms with E-state index in [1.165, 1.54) is 12.1 Å². The molecule has 1 aromatic carbocycles. The number of hydrogen-bond donors (Lipinski definition) is 2. The Balaban J connectivity index is 2.00. The molecule has 2 rings (SSSR count). The van der Waals surface area contributed by atoms with Crippen LogP contribution < -0.4 is 10.6 Å². The van der Waals surface area contributed by atoms with E-state index in [0.717, 1.165) is 31.6 Å². The summed E-state index contributed by atoms with van der Waals surface area (Å²) >= 11 is 0. The molecule has 0 unspecified atom stereocenters. The Bertz CT molecular complexity index is 335. The van der Waals surface area contributed by atoms with Crippen LogP contribution in [0.25, 0.3) is 0 Å². The SMILES string of the molecule is Fc1ccc(C[C@@H]2CNCCN2)cc1F. The minimum Gasteiger partial charge on any atom is -0.314 e. The van der Waals surface area contributed by atoms with Crippen LogP contribution in [0.15, 0.2) is 18.2 Å². The highest BCUT2D eigenvalue weighted by atomic mass is 19.2. The minimum atomic E-state index is -0.784. The smallest absolute Gasteiger partial charge is 0.159 e. The fourth-order valence-electron chi connectivity index (χ4n) is 1.81. The van der Waals surface area contributed by atoms with Crippen LogP contribution in [0.5, 0.6) is 0 Å². The second kappa shape index (κ2) is 4.68. The third-order valence-electron chi connectivity index (χ3n) is 2.59. The number of nitrogens with one attached hydrogen (secondary N) is 2. The van der Waals surface area contributed by atoms with Gasteiger partial charge in [-0.05, 0) is 24.1 Å². The van der Waals surface area contributed by atoms with Gasteiger partial charge in [0.2, 0.25) is 0 Å². The van der Waals surface area contributed by atoms with Crippen molar-refractivity contribution >= 4 is 0 Å². The van der Waals surface area contributed by atoms with E-state index in [2.05, 4.69) is 10.6 Å². The van der Waals surface area contributed by atoms with Gasteiger partial charge in [0, 0.05) is 25.7 Å². The molecule has 2 N–H and O–H groups in total. The highest BCUT2D eigenvalue weighted by molar-refractivity contribution is 5.19. The first-order chi connectivity index (χ1) is 7.25. The molecule has 0 bridgehead atoms. The van der Waals surface area contributed by atoms with Gasteiger partial charge in [0.25, 0.3) is 0 Å². The third kappa shape index (κ3) is 2.73. The molecular weight excluding hydrogens is 198 g/mol. The van der Waals surface area contributed by atoms with Crippen LogP contribution in [0.2, 0.25) is 0 Å². The lowest BCUT2D eigenvalue weighted by molar-refractivity contribution is 0.415. The molecule has 2 nitrogen and oxygen atoms in total. The van der Waals surface area contributed by atoms with Crippen molar-refractivity contribution in [1.29, 1.82) is 0 Å². The first kappa shape index (κ1) is 10.5. The molecule has 1 aliphatic heterocycles. The Kier molecular flexibility index (Phi) is 3.28. The van der Waals surface area contributed by atoms with Crippen molar-refractivity contribution in [2.24, 2.45) is 0 Å². The molecule has 0 amide bonds. The maximum atomic E-state index is 12.9. The molecule has 0 saturated carbocycles. The summed E-state index contributed by atoms with van der Waals surface area (Å²) in [6.07, 6.45) is 0.726. The average Bonchev–Trinajstić information content (AvgIpc) is 2.25. The first-order valence-corrected chi connectivity index (χ1v) is 5.14. The monoisotopic (exact) mass is 212 g/mol. The zero-order chi connectivity index (χ0) is 10.7. The average molecular weight is 212 g/mol. The Morgan fingerprint density at radius 1 is 1.20 bits per heavy atom. The number of rotatable bonds is 2. The summed E-state index contributed by atoms with van der Waals surface area (Å²) in [5.41, 5.74) is 0.829. The number of piperazine rings is 1. The minimum absolute atomic E-state index is 0.309. The summed E-state index contributed by atoms with van der Waals surface area (Å²) in [5, 5.41) is 6.57. The summed E-state index contributed by atoms with van der Waals surface area (Å²) < 4.78 is 25.6. The van der Waals surface area contributed by atoms with E-state index in [1.54, 1.807) is 6.07 Å². The lowest BCUT2D eigenvalue weighted by Crippen LogP contribution is -2.49. The van der Waals surface area contributed by atoms with Gasteiger partial charge in [0.05, 0.1) is 0 Å². The Morgan fingerprint density at radius 2 is 2.07 bits per heavy atom. The van der Waals surface area contributed by atoms with Gasteiger partial charge in [-0.25, -0.2) is 8.78 Å². The van der Waals surface area contributed by atoms with Crippen molar-refractivity contribution in [2.45, 2.75) is 12.5 Å². The quantitative estimate of drug-likeness (QED) is 0.766. The molecule has 0 aliphatic carbocycles. The standard InChI is InChI=1S/C11H14F2N2/c12-10-2-1-8(6-11(10)13)5-9-7-14-3-4-15-9/h1-2,6,9,14-15H,3-5,7H2/t9-/m1/s1. The van der Waals surface area contributed by atoms with E-state index in [1.807, 2.05) is 0 Å². The van der Waals surface area contributed by atoms with Gasteiger partial charge in [-0.15, -0.1) is 0 Å². The molecule has 0 spiro atoms. The molecular formula is C11H14F2N2. The van der Waals surface area contributed by atoms with Crippen LogP contribution in [-0.4, -0.2) is 25.7 Å². The fraction of sp³-hybridized carbons (Fsp3) is 0.455. The molecule has 1 saturated heterocycles. The van der Waals surface area contributed by atoms with E-state index in [9.17, 15) is 8.78 Å². The van der Waals surface area contributed by atoms with Crippen molar-refractivity contribution in [2.75, 3.05) is 19.6 Å². The van der Waals surface area contributed by atoms with Crippen LogP contribution in [0.4, 0.5) is 8.78 Å². The van der Waals surface area contributed by atoms with Crippen LogP contribution in [-0.2, 0) is 6.42 Å². The Morgan fingerprint density at radius 3 is 2.73 bits per heavy atom. The van der Waals surface area contributed by atoms with Gasteiger partial charge in [0.15, 0.2) is 11.6 Å². The van der Waals surface area contributed by atoms with Gasteiger partial charge in [-0.1, -0.05) is 6.07 Å². The largest absolute Gasteiger partial charge is 0.314 e. The summed E-state index contributed by atoms with van der Waals surface area (Å²) in [5.74, 6) is -1.55. The van der Waals surface area contributed by atoms with E-state index in [-0.39, 0.29) is 0 Å². The second-order valence-electron chi connectivity index (χ2n) is 3.81. The highest BCUT2D eigenvalue weighted by Gasteiger charge is 2.13. The van der Waals surface area contributed by atoms with E-state index < -0.39 is 11.6 Å². The molecule has 82 valence electrons. The van der Waals surface area contributed by atoms with Crippen molar-refractivity contribution in [1.82, 2.24) is 10.6 Å². The Labute approximate surface area is 87.7 Å². The maximum Gasteiger partial charge on any atom is 0.159 e. The first-order valence-electron chi connectivity index (χ1n) is 5.14. The predicted molar refractivity (Wildman–Crippen MR) is 54.7 cm³/mol. The third-order valence-corrected chi connectivity index (χ3v) is 2.59. The van der Waals surface area contributed by atoms with Gasteiger partial charge in [0.1, 0.15) is 0 Å². The van der Waals surface area contributed by atoms with E-state index in [4.69, 9.17) is 0 Å². The van der Waals surface area contributed by atoms with E-state index in [0.29, 0.717) is 6.04 Å². The molecule has 1 aromatic rings. The number of halogens is 2. The van der Waals surface area contributed by atoms with E-state index >= 15 is 0 Å². The lowest BCUT2D eigenvalue weighted by atomic mass is 10.0. The molecule has 0 aromatic heterocycles. The second-order valence-corrected chi connectivity index (χ2v) is 3.81. The summed E-state index contributed by atoms with van der Waals surface area (Å²) in [6.45, 7) is 2.77.